The lowest BCUT2D eigenvalue weighted by Gasteiger charge is -2.06. The molecule has 6 heteroatoms. The lowest BCUT2D eigenvalue weighted by atomic mass is 10.1. The third kappa shape index (κ3) is 2.65. The van der Waals surface area contributed by atoms with Crippen molar-refractivity contribution in [3.8, 4) is 0 Å². The van der Waals surface area contributed by atoms with Crippen molar-refractivity contribution in [3.05, 3.63) is 47.4 Å². The highest BCUT2D eigenvalue weighted by Crippen LogP contribution is 2.12. The first-order chi connectivity index (χ1) is 8.56. The molecule has 0 atom stereocenters. The monoisotopic (exact) mass is 248 g/mol. The first-order valence-corrected chi connectivity index (χ1v) is 5.38. The lowest BCUT2D eigenvalue weighted by Crippen LogP contribution is -2.12. The molecule has 1 heterocycles. The molecule has 0 saturated heterocycles. The van der Waals surface area contributed by atoms with E-state index in [4.69, 9.17) is 5.73 Å². The highest BCUT2D eigenvalue weighted by Gasteiger charge is 2.07. The smallest absolute Gasteiger partial charge is 0.248 e. The fraction of sp³-hybridized carbons (Fsp3) is 0.167. The number of aromatic nitrogens is 2. The molecule has 0 bridgehead atoms. The van der Waals surface area contributed by atoms with E-state index in [0.29, 0.717) is 11.4 Å². The van der Waals surface area contributed by atoms with Crippen molar-refractivity contribution in [2.45, 2.75) is 6.54 Å². The summed E-state index contributed by atoms with van der Waals surface area (Å²) in [6.07, 6.45) is 1.78. The van der Waals surface area contributed by atoms with Crippen LogP contribution < -0.4 is 11.1 Å². The molecule has 0 aliphatic carbocycles. The molecule has 0 unspecified atom stereocenters. The van der Waals surface area contributed by atoms with Gasteiger partial charge in [0, 0.05) is 37.0 Å². The molecule has 1 aromatic heterocycles. The molecule has 0 saturated carbocycles. The Hall–Kier alpha value is -2.37. The molecule has 0 spiro atoms. The Morgan fingerprint density at radius 2 is 2.28 bits per heavy atom. The van der Waals surface area contributed by atoms with Gasteiger partial charge in [-0.25, -0.2) is 4.39 Å². The SMILES string of the molecule is Cn1ccc(NCc2cc(C(N)=O)ccc2F)n1. The fourth-order valence-corrected chi connectivity index (χ4v) is 1.56. The first-order valence-electron chi connectivity index (χ1n) is 5.38. The molecular formula is C12H13FN4O. The lowest BCUT2D eigenvalue weighted by molar-refractivity contribution is 0.1000. The highest BCUT2D eigenvalue weighted by molar-refractivity contribution is 5.92. The van der Waals surface area contributed by atoms with Crippen molar-refractivity contribution >= 4 is 11.7 Å². The predicted molar refractivity (Wildman–Crippen MR) is 65.5 cm³/mol. The number of nitrogens with two attached hydrogens (primary N) is 1. The van der Waals surface area contributed by atoms with Crippen molar-refractivity contribution in [1.29, 1.82) is 0 Å². The average molecular weight is 248 g/mol. The molecule has 2 rings (SSSR count). The number of primary amides is 1. The number of amides is 1. The Bertz CT molecular complexity index is 579. The van der Waals surface area contributed by atoms with Gasteiger partial charge >= 0.3 is 0 Å². The van der Waals surface area contributed by atoms with Gasteiger partial charge in [-0.2, -0.15) is 5.10 Å². The number of aryl methyl sites for hydroxylation is 1. The number of anilines is 1. The molecule has 3 N–H and O–H groups in total. The van der Waals surface area contributed by atoms with Crippen LogP contribution in [0.5, 0.6) is 0 Å². The summed E-state index contributed by atoms with van der Waals surface area (Å²) in [7, 11) is 1.79. The Morgan fingerprint density at radius 1 is 1.50 bits per heavy atom. The minimum atomic E-state index is -0.575. The van der Waals surface area contributed by atoms with Gasteiger partial charge in [0.1, 0.15) is 11.6 Å². The van der Waals surface area contributed by atoms with E-state index < -0.39 is 5.91 Å². The standard InChI is InChI=1S/C12H13FN4O/c1-17-5-4-11(16-17)15-7-9-6-8(12(14)18)2-3-10(9)13/h2-6H,7H2,1H3,(H2,14,18)(H,15,16). The number of carbonyl (C=O) groups is 1. The molecule has 0 aliphatic heterocycles. The number of nitrogens with one attached hydrogen (secondary N) is 1. The maximum Gasteiger partial charge on any atom is 0.248 e. The molecule has 0 aliphatic rings. The summed E-state index contributed by atoms with van der Waals surface area (Å²) < 4.78 is 15.2. The van der Waals surface area contributed by atoms with Gasteiger partial charge in [-0.1, -0.05) is 0 Å². The zero-order chi connectivity index (χ0) is 13.1. The molecule has 1 amide bonds. The number of nitrogens with zero attached hydrogens (tertiary/aromatic N) is 2. The maximum absolute atomic E-state index is 13.5. The van der Waals surface area contributed by atoms with Crippen LogP contribution in [0.1, 0.15) is 15.9 Å². The molecule has 94 valence electrons. The molecule has 0 fully saturated rings. The molecule has 1 aromatic carbocycles. The Balaban J connectivity index is 2.13. The van der Waals surface area contributed by atoms with Crippen LogP contribution in [0.15, 0.2) is 30.5 Å². The van der Waals surface area contributed by atoms with Crippen molar-refractivity contribution in [2.24, 2.45) is 12.8 Å². The van der Waals surface area contributed by atoms with E-state index in [1.807, 2.05) is 0 Å². The van der Waals surface area contributed by atoms with Crippen molar-refractivity contribution < 1.29 is 9.18 Å². The summed E-state index contributed by atoms with van der Waals surface area (Å²) in [6, 6.07) is 5.81. The molecule has 5 nitrogen and oxygen atoms in total. The number of benzene rings is 1. The number of halogens is 1. The van der Waals surface area contributed by atoms with Crippen LogP contribution in [0.4, 0.5) is 10.2 Å². The Labute approximate surface area is 103 Å². The Morgan fingerprint density at radius 3 is 2.89 bits per heavy atom. The van der Waals surface area contributed by atoms with E-state index in [1.165, 1.54) is 18.2 Å². The third-order valence-corrected chi connectivity index (χ3v) is 2.50. The van der Waals surface area contributed by atoms with Gasteiger partial charge in [-0.15, -0.1) is 0 Å². The second kappa shape index (κ2) is 4.87. The van der Waals surface area contributed by atoms with Crippen LogP contribution in [0.2, 0.25) is 0 Å². The molecular weight excluding hydrogens is 235 g/mol. The average Bonchev–Trinajstić information content (AvgIpc) is 2.74. The summed E-state index contributed by atoms with van der Waals surface area (Å²) >= 11 is 0. The maximum atomic E-state index is 13.5. The van der Waals surface area contributed by atoms with Crippen LogP contribution >= 0.6 is 0 Å². The zero-order valence-corrected chi connectivity index (χ0v) is 9.85. The van der Waals surface area contributed by atoms with Gasteiger partial charge in [-0.3, -0.25) is 9.48 Å². The van der Waals surface area contributed by atoms with Crippen molar-refractivity contribution in [1.82, 2.24) is 9.78 Å². The fourth-order valence-electron chi connectivity index (χ4n) is 1.56. The summed E-state index contributed by atoms with van der Waals surface area (Å²) in [5.74, 6) is -0.320. The van der Waals surface area contributed by atoms with Crippen LogP contribution in [-0.2, 0) is 13.6 Å². The number of hydrogen-bond donors (Lipinski definition) is 2. The summed E-state index contributed by atoms with van der Waals surface area (Å²) in [5, 5.41) is 7.07. The van der Waals surface area contributed by atoms with Crippen molar-refractivity contribution in [3.63, 3.8) is 0 Å². The summed E-state index contributed by atoms with van der Waals surface area (Å²) in [4.78, 5) is 11.0. The topological polar surface area (TPSA) is 72.9 Å². The van der Waals surface area contributed by atoms with Gasteiger partial charge in [0.25, 0.3) is 0 Å². The second-order valence-corrected chi connectivity index (χ2v) is 3.90. The summed E-state index contributed by atoms with van der Waals surface area (Å²) in [6.45, 7) is 0.240. The number of rotatable bonds is 4. The predicted octanol–water partition coefficient (Wildman–Crippen LogP) is 1.27. The largest absolute Gasteiger partial charge is 0.366 e. The highest BCUT2D eigenvalue weighted by atomic mass is 19.1. The zero-order valence-electron chi connectivity index (χ0n) is 9.85. The van der Waals surface area contributed by atoms with E-state index in [-0.39, 0.29) is 17.9 Å². The van der Waals surface area contributed by atoms with Crippen LogP contribution in [0.25, 0.3) is 0 Å². The van der Waals surface area contributed by atoms with E-state index >= 15 is 0 Å². The third-order valence-electron chi connectivity index (χ3n) is 2.50. The van der Waals surface area contributed by atoms with Gasteiger partial charge in [0.2, 0.25) is 5.91 Å². The van der Waals surface area contributed by atoms with Crippen LogP contribution in [-0.4, -0.2) is 15.7 Å². The number of hydrogen-bond acceptors (Lipinski definition) is 3. The van der Waals surface area contributed by atoms with E-state index in [2.05, 4.69) is 10.4 Å². The van der Waals surface area contributed by atoms with Crippen molar-refractivity contribution in [2.75, 3.05) is 5.32 Å². The second-order valence-electron chi connectivity index (χ2n) is 3.90. The van der Waals surface area contributed by atoms with E-state index in [1.54, 1.807) is 24.0 Å². The minimum absolute atomic E-state index is 0.240. The normalized spacial score (nSPS) is 10.3. The van der Waals surface area contributed by atoms with Gasteiger partial charge < -0.3 is 11.1 Å². The number of carbonyl (C=O) groups excluding carboxylic acids is 1. The van der Waals surface area contributed by atoms with Gasteiger partial charge in [0.15, 0.2) is 0 Å². The summed E-state index contributed by atoms with van der Waals surface area (Å²) in [5.41, 5.74) is 5.80. The van der Waals surface area contributed by atoms with E-state index in [9.17, 15) is 9.18 Å². The first kappa shape index (κ1) is 12.1. The van der Waals surface area contributed by atoms with E-state index in [0.717, 1.165) is 0 Å². The van der Waals surface area contributed by atoms with Crippen LogP contribution in [0, 0.1) is 5.82 Å². The van der Waals surface area contributed by atoms with Gasteiger partial charge in [0.05, 0.1) is 0 Å². The van der Waals surface area contributed by atoms with Crippen LogP contribution in [0.3, 0.4) is 0 Å². The molecule has 0 radical (unpaired) electrons. The Kier molecular flexibility index (Phi) is 3.27. The quantitative estimate of drug-likeness (QED) is 0.855. The van der Waals surface area contributed by atoms with Gasteiger partial charge in [-0.05, 0) is 18.2 Å². The minimum Gasteiger partial charge on any atom is -0.366 e. The molecule has 18 heavy (non-hydrogen) atoms. The molecule has 2 aromatic rings.